The SMILES string of the molecule is CCN(CC)c1ccc([C@@H]2C(C(=O)OC3CCCCC3)=C(C)NC3=C2C(=O)C[C@H](c2ccc(OC)cc2)C3)cc1. The molecule has 2 atom stereocenters. The van der Waals surface area contributed by atoms with Crippen molar-refractivity contribution in [2.45, 2.75) is 83.7 Å². The van der Waals surface area contributed by atoms with E-state index in [1.165, 1.54) is 6.42 Å². The van der Waals surface area contributed by atoms with Gasteiger partial charge < -0.3 is 19.7 Å². The standard InChI is InChI=1S/C34H42N2O4/c1-5-36(6-2)26-16-12-24(13-17-26)32-31(34(38)40-28-10-8-7-9-11-28)22(3)35-29-20-25(21-30(37)33(29)32)23-14-18-27(39-4)19-15-23/h12-19,25,28,32,35H,5-11,20-21H2,1-4H3/t25-,32-/m1/s1. The molecule has 1 saturated carbocycles. The van der Waals surface area contributed by atoms with Gasteiger partial charge in [0.25, 0.3) is 0 Å². The quantitative estimate of drug-likeness (QED) is 0.371. The number of allylic oxidation sites excluding steroid dienone is 3. The van der Waals surface area contributed by atoms with Crippen LogP contribution in [0.2, 0.25) is 0 Å². The number of carbonyl (C=O) groups excluding carboxylic acids is 2. The van der Waals surface area contributed by atoms with Crippen LogP contribution in [0.3, 0.4) is 0 Å². The van der Waals surface area contributed by atoms with Crippen LogP contribution in [0.4, 0.5) is 5.69 Å². The van der Waals surface area contributed by atoms with Gasteiger partial charge in [-0.15, -0.1) is 0 Å². The average Bonchev–Trinajstić information content (AvgIpc) is 2.98. The van der Waals surface area contributed by atoms with Gasteiger partial charge in [-0.05, 0) is 94.2 Å². The van der Waals surface area contributed by atoms with Gasteiger partial charge in [-0.2, -0.15) is 0 Å². The van der Waals surface area contributed by atoms with Gasteiger partial charge in [0.15, 0.2) is 5.78 Å². The lowest BCUT2D eigenvalue weighted by molar-refractivity contribution is -0.146. The van der Waals surface area contributed by atoms with Crippen LogP contribution in [0.25, 0.3) is 0 Å². The van der Waals surface area contributed by atoms with E-state index in [2.05, 4.69) is 48.3 Å². The monoisotopic (exact) mass is 542 g/mol. The molecule has 1 N–H and O–H groups in total. The van der Waals surface area contributed by atoms with Crippen LogP contribution in [-0.4, -0.2) is 38.1 Å². The summed E-state index contributed by atoms with van der Waals surface area (Å²) in [6.45, 7) is 8.07. The van der Waals surface area contributed by atoms with Crippen LogP contribution in [0.5, 0.6) is 5.75 Å². The lowest BCUT2D eigenvalue weighted by Gasteiger charge is -2.37. The Labute approximate surface area is 238 Å². The highest BCUT2D eigenvalue weighted by molar-refractivity contribution is 6.04. The lowest BCUT2D eigenvalue weighted by Crippen LogP contribution is -2.37. The minimum absolute atomic E-state index is 0.0517. The van der Waals surface area contributed by atoms with Gasteiger partial charge in [0.05, 0.1) is 12.7 Å². The number of hydrogen-bond donors (Lipinski definition) is 1. The molecule has 0 unspecified atom stereocenters. The second-order valence-electron chi connectivity index (χ2n) is 11.2. The Bertz CT molecular complexity index is 1280. The number of benzene rings is 2. The normalized spacial score (nSPS) is 21.6. The smallest absolute Gasteiger partial charge is 0.337 e. The predicted molar refractivity (Wildman–Crippen MR) is 159 cm³/mol. The molecule has 2 aliphatic carbocycles. The summed E-state index contributed by atoms with van der Waals surface area (Å²) >= 11 is 0. The number of nitrogens with zero attached hydrogens (tertiary/aromatic N) is 1. The highest BCUT2D eigenvalue weighted by atomic mass is 16.5. The van der Waals surface area contributed by atoms with Crippen LogP contribution < -0.4 is 15.0 Å². The van der Waals surface area contributed by atoms with Gasteiger partial charge in [-0.1, -0.05) is 30.7 Å². The second-order valence-corrected chi connectivity index (χ2v) is 11.2. The third-order valence-corrected chi connectivity index (χ3v) is 8.82. The van der Waals surface area contributed by atoms with Crippen molar-refractivity contribution in [2.24, 2.45) is 0 Å². The molecule has 6 heteroatoms. The molecule has 6 nitrogen and oxygen atoms in total. The molecular formula is C34H42N2O4. The maximum atomic E-state index is 13.9. The highest BCUT2D eigenvalue weighted by Crippen LogP contribution is 2.46. The van der Waals surface area contributed by atoms with Crippen molar-refractivity contribution in [3.8, 4) is 5.75 Å². The summed E-state index contributed by atoms with van der Waals surface area (Å²) in [6.07, 6.45) is 6.25. The van der Waals surface area contributed by atoms with Crippen LogP contribution in [0, 0.1) is 0 Å². The zero-order chi connectivity index (χ0) is 28.2. The molecule has 5 rings (SSSR count). The van der Waals surface area contributed by atoms with E-state index in [1.807, 2.05) is 31.2 Å². The average molecular weight is 543 g/mol. The second kappa shape index (κ2) is 12.3. The number of hydrogen-bond acceptors (Lipinski definition) is 6. The molecule has 0 aromatic heterocycles. The number of ketones is 1. The Hall–Kier alpha value is -3.54. The van der Waals surface area contributed by atoms with Crippen molar-refractivity contribution in [1.29, 1.82) is 0 Å². The summed E-state index contributed by atoms with van der Waals surface area (Å²) in [5.74, 6) is 0.213. The Kier molecular flexibility index (Phi) is 8.63. The van der Waals surface area contributed by atoms with E-state index in [-0.39, 0.29) is 23.8 Å². The third kappa shape index (κ3) is 5.67. The largest absolute Gasteiger partial charge is 0.497 e. The van der Waals surface area contributed by atoms with Gasteiger partial charge >= 0.3 is 5.97 Å². The van der Waals surface area contributed by atoms with E-state index in [0.29, 0.717) is 24.0 Å². The molecule has 0 bridgehead atoms. The number of esters is 1. The predicted octanol–water partition coefficient (Wildman–Crippen LogP) is 6.78. The number of Topliss-reactive ketones (excluding diaryl/α,β-unsaturated/α-hetero) is 1. The Balaban J connectivity index is 1.51. The van der Waals surface area contributed by atoms with E-state index < -0.39 is 5.92 Å². The van der Waals surface area contributed by atoms with Crippen molar-refractivity contribution in [2.75, 3.05) is 25.1 Å². The van der Waals surface area contributed by atoms with Gasteiger partial charge in [0.1, 0.15) is 11.9 Å². The summed E-state index contributed by atoms with van der Waals surface area (Å²) in [5.41, 5.74) is 6.18. The maximum absolute atomic E-state index is 13.9. The topological polar surface area (TPSA) is 67.9 Å². The molecule has 0 amide bonds. The number of carbonyl (C=O) groups is 2. The minimum Gasteiger partial charge on any atom is -0.497 e. The number of ether oxygens (including phenoxy) is 2. The number of dihydropyridines is 1. The third-order valence-electron chi connectivity index (χ3n) is 8.82. The highest BCUT2D eigenvalue weighted by Gasteiger charge is 2.42. The Morgan fingerprint density at radius 2 is 1.57 bits per heavy atom. The minimum atomic E-state index is -0.442. The van der Waals surface area contributed by atoms with Gasteiger partial charge in [0.2, 0.25) is 0 Å². The van der Waals surface area contributed by atoms with Gasteiger partial charge in [-0.25, -0.2) is 4.79 Å². The maximum Gasteiger partial charge on any atom is 0.337 e. The molecule has 3 aliphatic rings. The zero-order valence-corrected chi connectivity index (χ0v) is 24.3. The number of methoxy groups -OCH3 is 1. The molecule has 0 spiro atoms. The lowest BCUT2D eigenvalue weighted by atomic mass is 9.71. The Morgan fingerprint density at radius 3 is 2.20 bits per heavy atom. The molecule has 1 fully saturated rings. The molecule has 212 valence electrons. The molecule has 0 radical (unpaired) electrons. The number of nitrogens with one attached hydrogen (secondary N) is 1. The van der Waals surface area contributed by atoms with Gasteiger partial charge in [0, 0.05) is 48.1 Å². The van der Waals surface area contributed by atoms with Crippen LogP contribution >= 0.6 is 0 Å². The first kappa shape index (κ1) is 28.0. The first-order valence-electron chi connectivity index (χ1n) is 14.9. The van der Waals surface area contributed by atoms with Crippen LogP contribution in [0.1, 0.15) is 88.7 Å². The van der Waals surface area contributed by atoms with Crippen molar-refractivity contribution in [3.05, 3.63) is 82.2 Å². The molecule has 2 aromatic rings. The molecule has 1 aliphatic heterocycles. The van der Waals surface area contributed by atoms with Gasteiger partial charge in [-0.3, -0.25) is 4.79 Å². The van der Waals surface area contributed by atoms with E-state index in [9.17, 15) is 9.59 Å². The van der Waals surface area contributed by atoms with E-state index in [1.54, 1.807) is 7.11 Å². The molecule has 1 heterocycles. The summed E-state index contributed by atoms with van der Waals surface area (Å²) in [5, 5.41) is 3.49. The summed E-state index contributed by atoms with van der Waals surface area (Å²) < 4.78 is 11.4. The first-order chi connectivity index (χ1) is 19.4. The molecule has 0 saturated heterocycles. The first-order valence-corrected chi connectivity index (χ1v) is 14.9. The molecule has 40 heavy (non-hydrogen) atoms. The fourth-order valence-corrected chi connectivity index (χ4v) is 6.62. The fraction of sp³-hybridized carbons (Fsp3) is 0.471. The summed E-state index contributed by atoms with van der Waals surface area (Å²) in [4.78, 5) is 30.0. The fourth-order valence-electron chi connectivity index (χ4n) is 6.62. The molecule has 2 aromatic carbocycles. The summed E-state index contributed by atoms with van der Waals surface area (Å²) in [6, 6.07) is 16.4. The summed E-state index contributed by atoms with van der Waals surface area (Å²) in [7, 11) is 1.66. The zero-order valence-electron chi connectivity index (χ0n) is 24.3. The van der Waals surface area contributed by atoms with E-state index >= 15 is 0 Å². The van der Waals surface area contributed by atoms with Crippen molar-refractivity contribution >= 4 is 17.4 Å². The van der Waals surface area contributed by atoms with Crippen LogP contribution in [-0.2, 0) is 14.3 Å². The Morgan fingerprint density at radius 1 is 0.925 bits per heavy atom. The number of rotatable bonds is 8. The van der Waals surface area contributed by atoms with Crippen LogP contribution in [0.15, 0.2) is 71.1 Å². The van der Waals surface area contributed by atoms with Crippen molar-refractivity contribution in [3.63, 3.8) is 0 Å². The van der Waals surface area contributed by atoms with E-state index in [0.717, 1.165) is 72.7 Å². The molecular weight excluding hydrogens is 500 g/mol. The van der Waals surface area contributed by atoms with Crippen molar-refractivity contribution in [1.82, 2.24) is 5.32 Å². The van der Waals surface area contributed by atoms with E-state index in [4.69, 9.17) is 9.47 Å². The van der Waals surface area contributed by atoms with Crippen molar-refractivity contribution < 1.29 is 19.1 Å². The number of anilines is 1.